The highest BCUT2D eigenvalue weighted by molar-refractivity contribution is 5.11. The Bertz CT molecular complexity index is 219. The van der Waals surface area contributed by atoms with Crippen molar-refractivity contribution in [2.24, 2.45) is 5.41 Å². The SMILES string of the molecule is CCC1NCC12CC(NC1COC1)C2. The molecule has 0 radical (unpaired) electrons. The molecule has 1 spiro atoms. The second-order valence-electron chi connectivity index (χ2n) is 5.21. The Labute approximate surface area is 85.6 Å². The average Bonchev–Trinajstić information content (AvgIpc) is 1.97. The topological polar surface area (TPSA) is 33.3 Å². The highest BCUT2D eigenvalue weighted by Gasteiger charge is 2.54. The third-order valence-corrected chi connectivity index (χ3v) is 4.26. The first-order valence-corrected chi connectivity index (χ1v) is 5.89. The third-order valence-electron chi connectivity index (χ3n) is 4.26. The molecule has 1 aliphatic carbocycles. The van der Waals surface area contributed by atoms with Crippen LogP contribution in [0.1, 0.15) is 26.2 Å². The molecular formula is C11H20N2O. The van der Waals surface area contributed by atoms with Crippen LogP contribution in [-0.2, 0) is 4.74 Å². The van der Waals surface area contributed by atoms with Crippen LogP contribution in [0.3, 0.4) is 0 Å². The molecule has 1 unspecified atom stereocenters. The van der Waals surface area contributed by atoms with Crippen molar-refractivity contribution in [3.63, 3.8) is 0 Å². The minimum Gasteiger partial charge on any atom is -0.378 e. The maximum atomic E-state index is 5.16. The summed E-state index contributed by atoms with van der Waals surface area (Å²) in [7, 11) is 0. The molecule has 1 atom stereocenters. The highest BCUT2D eigenvalue weighted by Crippen LogP contribution is 2.49. The van der Waals surface area contributed by atoms with Gasteiger partial charge in [0.15, 0.2) is 0 Å². The van der Waals surface area contributed by atoms with Gasteiger partial charge in [-0.3, -0.25) is 0 Å². The fourth-order valence-corrected chi connectivity index (χ4v) is 3.25. The normalized spacial score (nSPS) is 46.9. The Kier molecular flexibility index (Phi) is 2.08. The zero-order valence-electron chi connectivity index (χ0n) is 8.88. The molecule has 2 N–H and O–H groups in total. The van der Waals surface area contributed by atoms with Crippen molar-refractivity contribution in [3.8, 4) is 0 Å². The van der Waals surface area contributed by atoms with Crippen molar-refractivity contribution in [3.05, 3.63) is 0 Å². The van der Waals surface area contributed by atoms with Gasteiger partial charge in [-0.1, -0.05) is 6.92 Å². The van der Waals surface area contributed by atoms with Gasteiger partial charge in [-0.2, -0.15) is 0 Å². The molecule has 1 saturated carbocycles. The predicted molar refractivity (Wildman–Crippen MR) is 55.3 cm³/mol. The molecule has 0 bridgehead atoms. The fourth-order valence-electron chi connectivity index (χ4n) is 3.25. The van der Waals surface area contributed by atoms with E-state index in [0.717, 1.165) is 25.3 Å². The summed E-state index contributed by atoms with van der Waals surface area (Å²) in [6.07, 6.45) is 4.06. The fraction of sp³-hybridized carbons (Fsp3) is 1.00. The summed E-state index contributed by atoms with van der Waals surface area (Å²) in [5.41, 5.74) is 0.678. The molecule has 0 aromatic heterocycles. The molecule has 14 heavy (non-hydrogen) atoms. The smallest absolute Gasteiger partial charge is 0.0643 e. The van der Waals surface area contributed by atoms with Gasteiger partial charge in [0.05, 0.1) is 19.3 Å². The average molecular weight is 196 g/mol. The molecule has 2 heterocycles. The Hall–Kier alpha value is -0.120. The quantitative estimate of drug-likeness (QED) is 0.690. The zero-order chi connectivity index (χ0) is 9.60. The van der Waals surface area contributed by atoms with Crippen molar-refractivity contribution in [2.75, 3.05) is 19.8 Å². The predicted octanol–water partition coefficient (Wildman–Crippen LogP) is 0.505. The molecule has 3 aliphatic rings. The minimum atomic E-state index is 0.658. The van der Waals surface area contributed by atoms with E-state index in [1.807, 2.05) is 0 Å². The minimum absolute atomic E-state index is 0.658. The van der Waals surface area contributed by atoms with E-state index < -0.39 is 0 Å². The van der Waals surface area contributed by atoms with Crippen LogP contribution >= 0.6 is 0 Å². The molecule has 80 valence electrons. The molecule has 0 amide bonds. The molecule has 3 nitrogen and oxygen atoms in total. The van der Waals surface area contributed by atoms with Crippen molar-refractivity contribution >= 4 is 0 Å². The Morgan fingerprint density at radius 3 is 2.57 bits per heavy atom. The maximum absolute atomic E-state index is 5.16. The standard InChI is InChI=1S/C11H20N2O/c1-2-10-11(7-12-10)3-8(4-11)13-9-5-14-6-9/h8-10,12-13H,2-7H2,1H3. The van der Waals surface area contributed by atoms with Crippen LogP contribution in [0.5, 0.6) is 0 Å². The van der Waals surface area contributed by atoms with Crippen LogP contribution in [0.25, 0.3) is 0 Å². The molecular weight excluding hydrogens is 176 g/mol. The molecule has 0 aromatic rings. The molecule has 2 aliphatic heterocycles. The van der Waals surface area contributed by atoms with Gasteiger partial charge in [0.1, 0.15) is 0 Å². The van der Waals surface area contributed by atoms with Crippen molar-refractivity contribution in [1.82, 2.24) is 10.6 Å². The van der Waals surface area contributed by atoms with Crippen LogP contribution < -0.4 is 10.6 Å². The van der Waals surface area contributed by atoms with Gasteiger partial charge in [0, 0.05) is 24.0 Å². The van der Waals surface area contributed by atoms with E-state index in [1.165, 1.54) is 25.8 Å². The summed E-state index contributed by atoms with van der Waals surface area (Å²) in [6.45, 7) is 5.40. The van der Waals surface area contributed by atoms with Gasteiger partial charge in [0.2, 0.25) is 0 Å². The molecule has 3 heteroatoms. The van der Waals surface area contributed by atoms with Crippen LogP contribution in [0, 0.1) is 5.41 Å². The summed E-state index contributed by atoms with van der Waals surface area (Å²) in [6, 6.07) is 2.24. The van der Waals surface area contributed by atoms with E-state index in [-0.39, 0.29) is 0 Å². The van der Waals surface area contributed by atoms with Crippen LogP contribution in [-0.4, -0.2) is 37.9 Å². The van der Waals surface area contributed by atoms with E-state index in [9.17, 15) is 0 Å². The Morgan fingerprint density at radius 2 is 2.14 bits per heavy atom. The number of hydrogen-bond acceptors (Lipinski definition) is 3. The maximum Gasteiger partial charge on any atom is 0.0643 e. The second-order valence-corrected chi connectivity index (χ2v) is 5.21. The largest absolute Gasteiger partial charge is 0.378 e. The summed E-state index contributed by atoms with van der Waals surface area (Å²) in [4.78, 5) is 0. The number of nitrogens with one attached hydrogen (secondary N) is 2. The Morgan fingerprint density at radius 1 is 1.36 bits per heavy atom. The first-order valence-electron chi connectivity index (χ1n) is 5.89. The molecule has 0 aromatic carbocycles. The lowest BCUT2D eigenvalue weighted by Crippen LogP contribution is -2.71. The first-order chi connectivity index (χ1) is 6.82. The van der Waals surface area contributed by atoms with Crippen molar-refractivity contribution in [2.45, 2.75) is 44.3 Å². The number of hydrogen-bond donors (Lipinski definition) is 2. The monoisotopic (exact) mass is 196 g/mol. The lowest BCUT2D eigenvalue weighted by molar-refractivity contribution is -0.0644. The van der Waals surface area contributed by atoms with Gasteiger partial charge in [-0.05, 0) is 19.3 Å². The van der Waals surface area contributed by atoms with Crippen LogP contribution in [0.15, 0.2) is 0 Å². The van der Waals surface area contributed by atoms with Crippen molar-refractivity contribution < 1.29 is 4.74 Å². The van der Waals surface area contributed by atoms with Crippen molar-refractivity contribution in [1.29, 1.82) is 0 Å². The number of rotatable bonds is 3. The highest BCUT2D eigenvalue weighted by atomic mass is 16.5. The summed E-state index contributed by atoms with van der Waals surface area (Å²) in [5.74, 6) is 0. The van der Waals surface area contributed by atoms with Gasteiger partial charge in [-0.25, -0.2) is 0 Å². The van der Waals surface area contributed by atoms with E-state index in [0.29, 0.717) is 11.5 Å². The lowest BCUT2D eigenvalue weighted by atomic mass is 9.56. The zero-order valence-corrected chi connectivity index (χ0v) is 8.88. The summed E-state index contributed by atoms with van der Waals surface area (Å²) in [5, 5.41) is 7.21. The van der Waals surface area contributed by atoms with E-state index >= 15 is 0 Å². The first kappa shape index (κ1) is 9.13. The van der Waals surface area contributed by atoms with Gasteiger partial charge < -0.3 is 15.4 Å². The second kappa shape index (κ2) is 3.19. The molecule has 3 rings (SSSR count). The van der Waals surface area contributed by atoms with E-state index in [4.69, 9.17) is 4.74 Å². The van der Waals surface area contributed by atoms with Gasteiger partial charge in [0.25, 0.3) is 0 Å². The third kappa shape index (κ3) is 1.23. The Balaban J connectivity index is 1.46. The van der Waals surface area contributed by atoms with E-state index in [2.05, 4.69) is 17.6 Å². The lowest BCUT2D eigenvalue weighted by Gasteiger charge is -2.60. The summed E-state index contributed by atoms with van der Waals surface area (Å²) < 4.78 is 5.16. The number of ether oxygens (including phenoxy) is 1. The summed E-state index contributed by atoms with van der Waals surface area (Å²) >= 11 is 0. The van der Waals surface area contributed by atoms with Gasteiger partial charge >= 0.3 is 0 Å². The van der Waals surface area contributed by atoms with Gasteiger partial charge in [-0.15, -0.1) is 0 Å². The van der Waals surface area contributed by atoms with Crippen LogP contribution in [0.4, 0.5) is 0 Å². The molecule has 3 fully saturated rings. The van der Waals surface area contributed by atoms with E-state index in [1.54, 1.807) is 0 Å². The van der Waals surface area contributed by atoms with Crippen LogP contribution in [0.2, 0.25) is 0 Å². The molecule has 2 saturated heterocycles.